The second-order valence-corrected chi connectivity index (χ2v) is 6.05. The van der Waals surface area contributed by atoms with Crippen molar-refractivity contribution in [2.45, 2.75) is 52.6 Å². The van der Waals surface area contributed by atoms with Gasteiger partial charge in [-0.3, -0.25) is 0 Å². The van der Waals surface area contributed by atoms with Crippen LogP contribution in [0.25, 0.3) is 0 Å². The van der Waals surface area contributed by atoms with Crippen molar-refractivity contribution in [2.75, 3.05) is 32.8 Å². The van der Waals surface area contributed by atoms with Crippen molar-refractivity contribution in [3.8, 4) is 0 Å². The molecule has 0 bridgehead atoms. The topological polar surface area (TPSA) is 32.7 Å². The molecule has 3 nitrogen and oxygen atoms in total. The van der Waals surface area contributed by atoms with Crippen LogP contribution in [-0.4, -0.2) is 49.0 Å². The average Bonchev–Trinajstić information content (AvgIpc) is 2.28. The largest absolute Gasteiger partial charge is 0.389 e. The van der Waals surface area contributed by atoms with Crippen molar-refractivity contribution >= 4 is 0 Å². The number of rotatable bonds is 7. The van der Waals surface area contributed by atoms with E-state index in [9.17, 15) is 5.11 Å². The zero-order chi connectivity index (χ0) is 12.7. The van der Waals surface area contributed by atoms with Gasteiger partial charge in [0.25, 0.3) is 0 Å². The summed E-state index contributed by atoms with van der Waals surface area (Å²) in [6.45, 7) is 11.1. The van der Waals surface area contributed by atoms with Gasteiger partial charge in [0.2, 0.25) is 0 Å². The summed E-state index contributed by atoms with van der Waals surface area (Å²) in [5.74, 6) is 0. The Labute approximate surface area is 106 Å². The normalized spacial score (nSPS) is 22.6. The maximum absolute atomic E-state index is 9.86. The van der Waals surface area contributed by atoms with E-state index in [-0.39, 0.29) is 6.10 Å². The standard InChI is InChI=1S/C14H29NO2/c1-4-5-10-17-12-13(16)11-15-8-6-14(2,3)7-9-15/h13,16H,4-12H2,1-3H3. The second-order valence-electron chi connectivity index (χ2n) is 6.05. The van der Waals surface area contributed by atoms with Crippen LogP contribution < -0.4 is 0 Å². The lowest BCUT2D eigenvalue weighted by Gasteiger charge is -2.37. The van der Waals surface area contributed by atoms with E-state index in [1.165, 1.54) is 12.8 Å². The van der Waals surface area contributed by atoms with Crippen LogP contribution in [0, 0.1) is 5.41 Å². The first-order valence-electron chi connectivity index (χ1n) is 7.01. The molecule has 0 aromatic rings. The maximum atomic E-state index is 9.86. The molecule has 1 atom stereocenters. The van der Waals surface area contributed by atoms with Gasteiger partial charge in [-0.05, 0) is 37.8 Å². The Morgan fingerprint density at radius 2 is 1.94 bits per heavy atom. The van der Waals surface area contributed by atoms with Crippen LogP contribution >= 0.6 is 0 Å². The van der Waals surface area contributed by atoms with Gasteiger partial charge in [-0.2, -0.15) is 0 Å². The molecule has 1 N–H and O–H groups in total. The van der Waals surface area contributed by atoms with E-state index in [2.05, 4.69) is 25.7 Å². The van der Waals surface area contributed by atoms with E-state index in [1.807, 2.05) is 0 Å². The summed E-state index contributed by atoms with van der Waals surface area (Å²) in [5.41, 5.74) is 0.485. The summed E-state index contributed by atoms with van der Waals surface area (Å²) >= 11 is 0. The van der Waals surface area contributed by atoms with E-state index >= 15 is 0 Å². The third-order valence-electron chi connectivity index (χ3n) is 3.63. The van der Waals surface area contributed by atoms with Gasteiger partial charge in [-0.1, -0.05) is 27.2 Å². The highest BCUT2D eigenvalue weighted by atomic mass is 16.5. The number of nitrogens with zero attached hydrogens (tertiary/aromatic N) is 1. The van der Waals surface area contributed by atoms with E-state index in [0.29, 0.717) is 12.0 Å². The lowest BCUT2D eigenvalue weighted by molar-refractivity contribution is 0.00531. The highest BCUT2D eigenvalue weighted by molar-refractivity contribution is 4.79. The van der Waals surface area contributed by atoms with Crippen LogP contribution in [0.5, 0.6) is 0 Å². The number of β-amino-alcohol motifs (C(OH)–C–C–N with tert-alkyl or cyclic N) is 1. The molecule has 17 heavy (non-hydrogen) atoms. The third-order valence-corrected chi connectivity index (χ3v) is 3.63. The lowest BCUT2D eigenvalue weighted by atomic mass is 9.82. The van der Waals surface area contributed by atoms with Gasteiger partial charge < -0.3 is 14.7 Å². The average molecular weight is 243 g/mol. The van der Waals surface area contributed by atoms with Gasteiger partial charge in [0.1, 0.15) is 0 Å². The first-order valence-corrected chi connectivity index (χ1v) is 7.01. The quantitative estimate of drug-likeness (QED) is 0.696. The van der Waals surface area contributed by atoms with Crippen molar-refractivity contribution in [3.05, 3.63) is 0 Å². The molecule has 0 amide bonds. The van der Waals surface area contributed by atoms with Crippen LogP contribution in [0.2, 0.25) is 0 Å². The number of hydrogen-bond donors (Lipinski definition) is 1. The zero-order valence-electron chi connectivity index (χ0n) is 11.7. The number of aliphatic hydroxyl groups is 1. The Hall–Kier alpha value is -0.120. The Morgan fingerprint density at radius 3 is 2.53 bits per heavy atom. The van der Waals surface area contributed by atoms with Crippen LogP contribution in [0.3, 0.4) is 0 Å². The van der Waals surface area contributed by atoms with E-state index < -0.39 is 0 Å². The van der Waals surface area contributed by atoms with Crippen LogP contribution in [0.4, 0.5) is 0 Å². The summed E-state index contributed by atoms with van der Waals surface area (Å²) in [5, 5.41) is 9.86. The fourth-order valence-electron chi connectivity index (χ4n) is 2.16. The van der Waals surface area contributed by atoms with Crippen molar-refractivity contribution in [3.63, 3.8) is 0 Å². The first-order chi connectivity index (χ1) is 8.03. The summed E-state index contributed by atoms with van der Waals surface area (Å²) in [6, 6.07) is 0. The molecule has 0 radical (unpaired) electrons. The Balaban J connectivity index is 2.08. The van der Waals surface area contributed by atoms with Crippen LogP contribution in [0.15, 0.2) is 0 Å². The predicted molar refractivity (Wildman–Crippen MR) is 71.2 cm³/mol. The van der Waals surface area contributed by atoms with Crippen molar-refractivity contribution in [1.29, 1.82) is 0 Å². The lowest BCUT2D eigenvalue weighted by Crippen LogP contribution is -2.42. The monoisotopic (exact) mass is 243 g/mol. The minimum atomic E-state index is -0.326. The van der Waals surface area contributed by atoms with E-state index in [0.717, 1.165) is 39.1 Å². The maximum Gasteiger partial charge on any atom is 0.0900 e. The molecule has 0 aliphatic carbocycles. The molecule has 1 heterocycles. The Kier molecular flexibility index (Phi) is 6.45. The molecule has 1 aliphatic heterocycles. The summed E-state index contributed by atoms with van der Waals surface area (Å²) in [4.78, 5) is 2.36. The zero-order valence-corrected chi connectivity index (χ0v) is 11.7. The SMILES string of the molecule is CCCCOCC(O)CN1CCC(C)(C)CC1. The number of ether oxygens (including phenoxy) is 1. The van der Waals surface area contributed by atoms with E-state index in [4.69, 9.17) is 4.74 Å². The molecule has 0 spiro atoms. The predicted octanol–water partition coefficient (Wildman–Crippen LogP) is 2.29. The summed E-state index contributed by atoms with van der Waals surface area (Å²) < 4.78 is 5.44. The van der Waals surface area contributed by atoms with Gasteiger partial charge in [0.05, 0.1) is 12.7 Å². The summed E-state index contributed by atoms with van der Waals surface area (Å²) in [6.07, 6.45) is 4.38. The fourth-order valence-corrected chi connectivity index (χ4v) is 2.16. The molecule has 1 fully saturated rings. The second kappa shape index (κ2) is 7.34. The molecule has 1 saturated heterocycles. The molecule has 0 saturated carbocycles. The molecule has 0 aromatic heterocycles. The highest BCUT2D eigenvalue weighted by Gasteiger charge is 2.26. The smallest absolute Gasteiger partial charge is 0.0900 e. The molecular formula is C14H29NO2. The van der Waals surface area contributed by atoms with Gasteiger partial charge >= 0.3 is 0 Å². The molecule has 0 aromatic carbocycles. The molecule has 1 unspecified atom stereocenters. The first kappa shape index (κ1) is 14.9. The molecule has 1 aliphatic rings. The van der Waals surface area contributed by atoms with Crippen LogP contribution in [0.1, 0.15) is 46.5 Å². The number of piperidine rings is 1. The Bertz CT molecular complexity index is 196. The van der Waals surface area contributed by atoms with Crippen molar-refractivity contribution in [1.82, 2.24) is 4.90 Å². The number of likely N-dealkylation sites (tertiary alicyclic amines) is 1. The Morgan fingerprint density at radius 1 is 1.29 bits per heavy atom. The molecular weight excluding hydrogens is 214 g/mol. The molecule has 102 valence electrons. The fraction of sp³-hybridized carbons (Fsp3) is 1.00. The summed E-state index contributed by atoms with van der Waals surface area (Å²) in [7, 11) is 0. The molecule has 1 rings (SSSR count). The highest BCUT2D eigenvalue weighted by Crippen LogP contribution is 2.29. The number of aliphatic hydroxyl groups excluding tert-OH is 1. The van der Waals surface area contributed by atoms with Gasteiger partial charge in [-0.25, -0.2) is 0 Å². The van der Waals surface area contributed by atoms with Gasteiger partial charge in [0, 0.05) is 13.2 Å². The van der Waals surface area contributed by atoms with Crippen LogP contribution in [-0.2, 0) is 4.74 Å². The third kappa shape index (κ3) is 6.39. The minimum Gasteiger partial charge on any atom is -0.389 e. The number of unbranched alkanes of at least 4 members (excludes halogenated alkanes) is 1. The number of hydrogen-bond acceptors (Lipinski definition) is 3. The van der Waals surface area contributed by atoms with Crippen molar-refractivity contribution < 1.29 is 9.84 Å². The minimum absolute atomic E-state index is 0.326. The van der Waals surface area contributed by atoms with Gasteiger partial charge in [0.15, 0.2) is 0 Å². The van der Waals surface area contributed by atoms with Gasteiger partial charge in [-0.15, -0.1) is 0 Å². The van der Waals surface area contributed by atoms with E-state index in [1.54, 1.807) is 0 Å². The van der Waals surface area contributed by atoms with Crippen molar-refractivity contribution in [2.24, 2.45) is 5.41 Å². The molecule has 3 heteroatoms.